The van der Waals surface area contributed by atoms with Crippen molar-refractivity contribution in [2.45, 2.75) is 65.7 Å². The number of ketones is 1. The van der Waals surface area contributed by atoms with Crippen molar-refractivity contribution in [3.05, 3.63) is 37.5 Å². The molecule has 1 aliphatic rings. The Hall–Kier alpha value is -1.11. The molecule has 0 aromatic carbocycles. The Morgan fingerprint density at radius 1 is 1.26 bits per heavy atom. The van der Waals surface area contributed by atoms with Gasteiger partial charge in [-0.1, -0.05) is 52.0 Å². The molecule has 1 nitrogen and oxygen atoms in total. The van der Waals surface area contributed by atoms with Gasteiger partial charge < -0.3 is 0 Å². The first-order chi connectivity index (χ1) is 11.0. The van der Waals surface area contributed by atoms with Gasteiger partial charge in [-0.15, -0.1) is 6.58 Å². The Bertz CT molecular complexity index is 404. The van der Waals surface area contributed by atoms with Crippen LogP contribution in [0.4, 0.5) is 0 Å². The summed E-state index contributed by atoms with van der Waals surface area (Å²) in [5, 5.41) is 0. The van der Waals surface area contributed by atoms with E-state index in [0.29, 0.717) is 18.3 Å². The molecular weight excluding hydrogens is 280 g/mol. The fourth-order valence-corrected chi connectivity index (χ4v) is 3.93. The van der Waals surface area contributed by atoms with E-state index in [9.17, 15) is 4.79 Å². The van der Waals surface area contributed by atoms with Gasteiger partial charge in [-0.3, -0.25) is 4.79 Å². The molecule has 130 valence electrons. The zero-order valence-corrected chi connectivity index (χ0v) is 15.5. The Morgan fingerprint density at radius 2 is 2.00 bits per heavy atom. The lowest BCUT2D eigenvalue weighted by Gasteiger charge is -2.36. The van der Waals surface area contributed by atoms with Crippen LogP contribution in [-0.2, 0) is 4.79 Å². The van der Waals surface area contributed by atoms with Gasteiger partial charge in [0, 0.05) is 6.42 Å². The number of carbonyl (C=O) groups excluding carboxylic acids is 1. The summed E-state index contributed by atoms with van der Waals surface area (Å²) in [7, 11) is 0. The van der Waals surface area contributed by atoms with Crippen molar-refractivity contribution < 1.29 is 4.79 Å². The van der Waals surface area contributed by atoms with E-state index >= 15 is 0 Å². The maximum absolute atomic E-state index is 11.8. The van der Waals surface area contributed by atoms with Crippen molar-refractivity contribution in [3.63, 3.8) is 0 Å². The summed E-state index contributed by atoms with van der Waals surface area (Å²) in [6.07, 6.45) is 16.0. The molecule has 1 aliphatic carbocycles. The molecule has 1 heteroatoms. The van der Waals surface area contributed by atoms with Crippen molar-refractivity contribution in [2.75, 3.05) is 0 Å². The third kappa shape index (κ3) is 7.33. The van der Waals surface area contributed by atoms with Crippen LogP contribution >= 0.6 is 0 Å². The third-order valence-electron chi connectivity index (χ3n) is 5.38. The van der Waals surface area contributed by atoms with Crippen molar-refractivity contribution in [2.24, 2.45) is 29.6 Å². The summed E-state index contributed by atoms with van der Waals surface area (Å²) < 4.78 is 0. The van der Waals surface area contributed by atoms with Crippen molar-refractivity contribution >= 4 is 5.78 Å². The zero-order chi connectivity index (χ0) is 17.2. The number of hydrogen-bond acceptors (Lipinski definition) is 1. The normalized spacial score (nSPS) is 26.3. The lowest BCUT2D eigenvalue weighted by atomic mass is 9.70. The van der Waals surface area contributed by atoms with Gasteiger partial charge in [0.25, 0.3) is 0 Å². The molecule has 1 fully saturated rings. The topological polar surface area (TPSA) is 17.1 Å². The maximum atomic E-state index is 11.8. The van der Waals surface area contributed by atoms with Gasteiger partial charge in [0.2, 0.25) is 0 Å². The predicted molar refractivity (Wildman–Crippen MR) is 101 cm³/mol. The summed E-state index contributed by atoms with van der Waals surface area (Å²) in [6, 6.07) is 0. The summed E-state index contributed by atoms with van der Waals surface area (Å²) in [4.78, 5) is 11.8. The molecule has 0 N–H and O–H groups in total. The smallest absolute Gasteiger partial charge is 0.155 e. The summed E-state index contributed by atoms with van der Waals surface area (Å²) >= 11 is 0. The predicted octanol–water partition coefficient (Wildman–Crippen LogP) is 6.37. The zero-order valence-electron chi connectivity index (χ0n) is 15.5. The molecule has 23 heavy (non-hydrogen) atoms. The first-order valence-electron chi connectivity index (χ1n) is 9.42. The van der Waals surface area contributed by atoms with E-state index in [4.69, 9.17) is 0 Å². The van der Waals surface area contributed by atoms with Crippen LogP contribution in [0.25, 0.3) is 0 Å². The van der Waals surface area contributed by atoms with E-state index in [-0.39, 0.29) is 5.78 Å². The second-order valence-corrected chi connectivity index (χ2v) is 7.73. The highest BCUT2D eigenvalue weighted by Crippen LogP contribution is 2.39. The Morgan fingerprint density at radius 3 is 2.61 bits per heavy atom. The Balaban J connectivity index is 2.72. The molecular formula is C22H36O. The Labute approximate surface area is 143 Å². The summed E-state index contributed by atoms with van der Waals surface area (Å²) in [6.45, 7) is 14.5. The van der Waals surface area contributed by atoms with Crippen LogP contribution in [0.2, 0.25) is 0 Å². The molecule has 3 unspecified atom stereocenters. The second-order valence-electron chi connectivity index (χ2n) is 7.73. The second kappa shape index (κ2) is 10.6. The minimum absolute atomic E-state index is 0.163. The largest absolute Gasteiger partial charge is 0.295 e. The lowest BCUT2D eigenvalue weighted by molar-refractivity contribution is -0.115. The molecule has 0 aliphatic heterocycles. The number of hydrogen-bond donors (Lipinski definition) is 0. The molecule has 0 radical (unpaired) electrons. The highest BCUT2D eigenvalue weighted by molar-refractivity contribution is 5.89. The number of carbonyl (C=O) groups is 1. The third-order valence-corrected chi connectivity index (χ3v) is 5.38. The first kappa shape index (κ1) is 19.9. The highest BCUT2D eigenvalue weighted by atomic mass is 16.1. The highest BCUT2D eigenvalue weighted by Gasteiger charge is 2.29. The van der Waals surface area contributed by atoms with Crippen LogP contribution in [0.15, 0.2) is 37.5 Å². The van der Waals surface area contributed by atoms with Crippen LogP contribution in [0.1, 0.15) is 65.7 Å². The van der Waals surface area contributed by atoms with Gasteiger partial charge >= 0.3 is 0 Å². The van der Waals surface area contributed by atoms with E-state index in [1.165, 1.54) is 25.3 Å². The molecule has 1 rings (SSSR count). The fraction of sp³-hybridized carbons (Fsp3) is 0.682. The van der Waals surface area contributed by atoms with E-state index in [1.807, 2.05) is 6.08 Å². The van der Waals surface area contributed by atoms with Gasteiger partial charge in [0.05, 0.1) is 0 Å². The molecule has 0 heterocycles. The summed E-state index contributed by atoms with van der Waals surface area (Å²) in [5.41, 5.74) is 0. The van der Waals surface area contributed by atoms with Gasteiger partial charge in [0.1, 0.15) is 0 Å². The van der Waals surface area contributed by atoms with Crippen molar-refractivity contribution in [3.8, 4) is 0 Å². The average Bonchev–Trinajstić information content (AvgIpc) is 2.52. The lowest BCUT2D eigenvalue weighted by Crippen LogP contribution is -2.26. The van der Waals surface area contributed by atoms with Gasteiger partial charge in [-0.05, 0) is 67.8 Å². The van der Waals surface area contributed by atoms with Crippen molar-refractivity contribution in [1.82, 2.24) is 0 Å². The molecule has 0 saturated heterocycles. The van der Waals surface area contributed by atoms with Gasteiger partial charge in [-0.25, -0.2) is 0 Å². The first-order valence-corrected chi connectivity index (χ1v) is 9.42. The minimum Gasteiger partial charge on any atom is -0.295 e. The van der Waals surface area contributed by atoms with Crippen LogP contribution in [0, 0.1) is 29.6 Å². The summed E-state index contributed by atoms with van der Waals surface area (Å²) in [5.74, 6) is 3.56. The molecule has 0 bridgehead atoms. The molecule has 1 saturated carbocycles. The van der Waals surface area contributed by atoms with E-state index in [2.05, 4.69) is 46.1 Å². The number of rotatable bonds is 10. The molecule has 0 aromatic rings. The fourth-order valence-electron chi connectivity index (χ4n) is 3.93. The Kier molecular flexibility index (Phi) is 9.21. The van der Waals surface area contributed by atoms with Crippen LogP contribution in [0.3, 0.4) is 0 Å². The van der Waals surface area contributed by atoms with Crippen molar-refractivity contribution in [1.29, 1.82) is 0 Å². The monoisotopic (exact) mass is 316 g/mol. The van der Waals surface area contributed by atoms with Crippen LogP contribution in [0.5, 0.6) is 0 Å². The van der Waals surface area contributed by atoms with E-state index in [1.54, 1.807) is 0 Å². The molecule has 0 aromatic heterocycles. The molecule has 0 amide bonds. The molecule has 4 atom stereocenters. The SMILES string of the molecule is C=CCCC[C@H](/C=C/C1CC(C)CCC1C(C)C)CC(=O)C=C. The maximum Gasteiger partial charge on any atom is 0.155 e. The van der Waals surface area contributed by atoms with Gasteiger partial charge in [0.15, 0.2) is 5.78 Å². The standard InChI is InChI=1S/C22H36O/c1-6-8-9-10-19(16-21(23)7-2)12-13-20-15-18(5)11-14-22(20)17(3)4/h6-7,12-13,17-20,22H,1-2,8-11,14-16H2,3-5H3/b13-12+/t18?,19-,20?,22?/m1/s1. The van der Waals surface area contributed by atoms with Crippen LogP contribution < -0.4 is 0 Å². The quantitative estimate of drug-likeness (QED) is 0.260. The van der Waals surface area contributed by atoms with E-state index in [0.717, 1.165) is 37.0 Å². The number of unbranched alkanes of at least 4 members (excludes halogenated alkanes) is 1. The average molecular weight is 317 g/mol. The van der Waals surface area contributed by atoms with E-state index < -0.39 is 0 Å². The number of allylic oxidation sites excluding steroid dienone is 4. The van der Waals surface area contributed by atoms with Gasteiger partial charge in [-0.2, -0.15) is 0 Å². The molecule has 0 spiro atoms. The van der Waals surface area contributed by atoms with Crippen LogP contribution in [-0.4, -0.2) is 5.78 Å². The minimum atomic E-state index is 0.163.